The number of hydrogen-bond donors (Lipinski definition) is 0. The fourth-order valence-electron chi connectivity index (χ4n) is 2.17. The summed E-state index contributed by atoms with van der Waals surface area (Å²) in [5, 5.41) is 0. The van der Waals surface area contributed by atoms with Gasteiger partial charge in [0.25, 0.3) is 0 Å². The maximum Gasteiger partial charge on any atom is 0.210 e. The summed E-state index contributed by atoms with van der Waals surface area (Å²) in [6, 6.07) is 16.2. The van der Waals surface area contributed by atoms with Gasteiger partial charge >= 0.3 is 0 Å². The van der Waals surface area contributed by atoms with Gasteiger partial charge in [-0.25, -0.2) is 4.85 Å². The molecule has 102 valence electrons. The van der Waals surface area contributed by atoms with Crippen molar-refractivity contribution in [3.8, 4) is 0 Å². The number of nitrogens with zero attached hydrogens (tertiary/aromatic N) is 2. The van der Waals surface area contributed by atoms with E-state index in [2.05, 4.69) is 54.8 Å². The van der Waals surface area contributed by atoms with Gasteiger partial charge < -0.3 is 4.90 Å². The minimum Gasteiger partial charge on any atom is -0.354 e. The molecule has 0 radical (unpaired) electrons. The zero-order valence-corrected chi connectivity index (χ0v) is 12.5. The van der Waals surface area contributed by atoms with E-state index in [9.17, 15) is 0 Å². The van der Waals surface area contributed by atoms with Crippen LogP contribution in [0.1, 0.15) is 26.3 Å². The van der Waals surface area contributed by atoms with Crippen molar-refractivity contribution in [2.45, 2.75) is 26.2 Å². The van der Waals surface area contributed by atoms with E-state index in [1.807, 2.05) is 31.3 Å². The third kappa shape index (κ3) is 2.83. The maximum atomic E-state index is 7.25. The number of hydrogen-bond acceptors (Lipinski definition) is 1. The third-order valence-electron chi connectivity index (χ3n) is 3.48. The zero-order chi connectivity index (χ0) is 14.8. The molecule has 0 heterocycles. The highest BCUT2D eigenvalue weighted by atomic mass is 15.1. The van der Waals surface area contributed by atoms with Crippen LogP contribution in [0.3, 0.4) is 0 Å². The first-order chi connectivity index (χ1) is 9.43. The molecule has 0 amide bonds. The minimum atomic E-state index is 0.158. The number of para-hydroxylation sites is 2. The Morgan fingerprint density at radius 1 is 0.950 bits per heavy atom. The molecule has 2 nitrogen and oxygen atoms in total. The lowest BCUT2D eigenvalue weighted by Gasteiger charge is -2.23. The van der Waals surface area contributed by atoms with E-state index < -0.39 is 0 Å². The van der Waals surface area contributed by atoms with Crippen molar-refractivity contribution in [3.05, 3.63) is 65.5 Å². The molecule has 2 heteroatoms. The molecule has 0 aromatic heterocycles. The third-order valence-corrected chi connectivity index (χ3v) is 3.48. The van der Waals surface area contributed by atoms with Crippen LogP contribution in [0.4, 0.5) is 17.1 Å². The summed E-state index contributed by atoms with van der Waals surface area (Å²) in [6.07, 6.45) is 0. The fourth-order valence-corrected chi connectivity index (χ4v) is 2.17. The predicted molar refractivity (Wildman–Crippen MR) is 85.9 cm³/mol. The molecule has 0 spiro atoms. The molecule has 0 saturated heterocycles. The van der Waals surface area contributed by atoms with Crippen molar-refractivity contribution < 1.29 is 0 Å². The van der Waals surface area contributed by atoms with Crippen LogP contribution in [0.15, 0.2) is 48.5 Å². The van der Waals surface area contributed by atoms with Gasteiger partial charge in [-0.1, -0.05) is 51.1 Å². The lowest BCUT2D eigenvalue weighted by Crippen LogP contribution is -2.13. The Labute approximate surface area is 121 Å². The summed E-state index contributed by atoms with van der Waals surface area (Å²) < 4.78 is 0. The molecule has 2 rings (SSSR count). The quantitative estimate of drug-likeness (QED) is 0.668. The number of rotatable bonds is 2. The van der Waals surface area contributed by atoms with E-state index >= 15 is 0 Å². The van der Waals surface area contributed by atoms with Crippen LogP contribution >= 0.6 is 0 Å². The highest BCUT2D eigenvalue weighted by Crippen LogP contribution is 2.33. The van der Waals surface area contributed by atoms with Crippen molar-refractivity contribution >= 4 is 17.1 Å². The normalized spacial score (nSPS) is 10.9. The first kappa shape index (κ1) is 14.1. The molecule has 0 fully saturated rings. The Morgan fingerprint density at radius 3 is 2.10 bits per heavy atom. The van der Waals surface area contributed by atoms with Crippen molar-refractivity contribution in [2.24, 2.45) is 0 Å². The van der Waals surface area contributed by atoms with Crippen LogP contribution in [0, 0.1) is 6.57 Å². The average Bonchev–Trinajstić information content (AvgIpc) is 2.45. The Bertz CT molecular complexity index is 628. The molecule has 0 atom stereocenters. The van der Waals surface area contributed by atoms with Gasteiger partial charge in [-0.2, -0.15) is 0 Å². The monoisotopic (exact) mass is 264 g/mol. The molecule has 0 aliphatic heterocycles. The molecule has 2 aromatic rings. The first-order valence-electron chi connectivity index (χ1n) is 6.74. The summed E-state index contributed by atoms with van der Waals surface area (Å²) in [6.45, 7) is 13.9. The molecular formula is C18H20N2. The van der Waals surface area contributed by atoms with Gasteiger partial charge in [-0.05, 0) is 29.2 Å². The lowest BCUT2D eigenvalue weighted by atomic mass is 9.87. The van der Waals surface area contributed by atoms with Gasteiger partial charge in [0.2, 0.25) is 5.69 Å². The highest BCUT2D eigenvalue weighted by Gasteiger charge is 2.14. The van der Waals surface area contributed by atoms with Gasteiger partial charge in [-0.15, -0.1) is 0 Å². The van der Waals surface area contributed by atoms with Crippen molar-refractivity contribution in [3.63, 3.8) is 0 Å². The van der Waals surface area contributed by atoms with Gasteiger partial charge in [0.1, 0.15) is 0 Å². The van der Waals surface area contributed by atoms with Crippen LogP contribution in [-0.2, 0) is 5.41 Å². The molecule has 2 aromatic carbocycles. The zero-order valence-electron chi connectivity index (χ0n) is 12.5. The number of anilines is 2. The molecule has 0 aliphatic rings. The Kier molecular flexibility index (Phi) is 3.81. The van der Waals surface area contributed by atoms with E-state index in [-0.39, 0.29) is 5.41 Å². The van der Waals surface area contributed by atoms with Crippen LogP contribution in [-0.4, -0.2) is 7.05 Å². The standard InChI is InChI=1S/C18H20N2/c1-18(2,3)14-10-12-15(13-11-14)20(5)17-9-7-6-8-16(17)19-4/h6-13H,1-3,5H3. The Morgan fingerprint density at radius 2 is 1.55 bits per heavy atom. The smallest absolute Gasteiger partial charge is 0.210 e. The molecule has 0 unspecified atom stereocenters. The van der Waals surface area contributed by atoms with Crippen LogP contribution < -0.4 is 4.90 Å². The van der Waals surface area contributed by atoms with E-state index in [1.54, 1.807) is 0 Å². The fraction of sp³-hybridized carbons (Fsp3) is 0.278. The lowest BCUT2D eigenvalue weighted by molar-refractivity contribution is 0.590. The van der Waals surface area contributed by atoms with Crippen molar-refractivity contribution in [1.29, 1.82) is 0 Å². The van der Waals surface area contributed by atoms with Crippen LogP contribution in [0.25, 0.3) is 4.85 Å². The van der Waals surface area contributed by atoms with E-state index in [0.717, 1.165) is 11.4 Å². The van der Waals surface area contributed by atoms with Gasteiger partial charge in [-0.3, -0.25) is 0 Å². The Hall–Kier alpha value is -2.27. The van der Waals surface area contributed by atoms with Gasteiger partial charge in [0.15, 0.2) is 0 Å². The second-order valence-corrected chi connectivity index (χ2v) is 5.96. The molecule has 20 heavy (non-hydrogen) atoms. The number of benzene rings is 2. The second kappa shape index (κ2) is 5.38. The summed E-state index contributed by atoms with van der Waals surface area (Å²) >= 11 is 0. The second-order valence-electron chi connectivity index (χ2n) is 5.96. The predicted octanol–water partition coefficient (Wildman–Crippen LogP) is 5.30. The summed E-state index contributed by atoms with van der Waals surface area (Å²) in [5.74, 6) is 0. The molecule has 0 N–H and O–H groups in total. The maximum absolute atomic E-state index is 7.25. The van der Waals surface area contributed by atoms with Crippen LogP contribution in [0.5, 0.6) is 0 Å². The summed E-state index contributed by atoms with van der Waals surface area (Å²) in [7, 11) is 2.00. The highest BCUT2D eigenvalue weighted by molar-refractivity contribution is 5.76. The van der Waals surface area contributed by atoms with Gasteiger partial charge in [0, 0.05) is 18.4 Å². The largest absolute Gasteiger partial charge is 0.354 e. The average molecular weight is 264 g/mol. The topological polar surface area (TPSA) is 7.60 Å². The van der Waals surface area contributed by atoms with Gasteiger partial charge in [0.05, 0.1) is 6.57 Å². The first-order valence-corrected chi connectivity index (χ1v) is 6.74. The van der Waals surface area contributed by atoms with E-state index in [0.29, 0.717) is 5.69 Å². The molecule has 0 bridgehead atoms. The van der Waals surface area contributed by atoms with Crippen LogP contribution in [0.2, 0.25) is 0 Å². The molecule has 0 aliphatic carbocycles. The molecular weight excluding hydrogens is 244 g/mol. The summed E-state index contributed by atoms with van der Waals surface area (Å²) in [4.78, 5) is 5.64. The van der Waals surface area contributed by atoms with Crippen molar-refractivity contribution in [1.82, 2.24) is 0 Å². The summed E-state index contributed by atoms with van der Waals surface area (Å²) in [5.41, 5.74) is 4.18. The SMILES string of the molecule is [C-]#[N+]c1ccccc1N(C)c1ccc(C(C)(C)C)cc1. The van der Waals surface area contributed by atoms with Crippen molar-refractivity contribution in [2.75, 3.05) is 11.9 Å². The van der Waals surface area contributed by atoms with E-state index in [1.165, 1.54) is 5.56 Å². The van der Waals surface area contributed by atoms with E-state index in [4.69, 9.17) is 6.57 Å². The Balaban J connectivity index is 2.35. The minimum absolute atomic E-state index is 0.158. The molecule has 0 saturated carbocycles.